The second-order valence-electron chi connectivity index (χ2n) is 4.44. The number of aromatic nitrogens is 2. The lowest BCUT2D eigenvalue weighted by Gasteiger charge is -2.07. The third kappa shape index (κ3) is 2.84. The van der Waals surface area contributed by atoms with E-state index in [2.05, 4.69) is 5.10 Å². The molecule has 1 heterocycles. The van der Waals surface area contributed by atoms with Crippen molar-refractivity contribution in [2.24, 2.45) is 5.14 Å². The smallest absolute Gasteiger partial charge is 0.241 e. The molecule has 8 heteroatoms. The zero-order valence-corrected chi connectivity index (χ0v) is 12.5. The van der Waals surface area contributed by atoms with Gasteiger partial charge in [0.1, 0.15) is 10.7 Å². The lowest BCUT2D eigenvalue weighted by atomic mass is 10.2. The van der Waals surface area contributed by atoms with Crippen LogP contribution >= 0.6 is 11.6 Å². The fourth-order valence-electron chi connectivity index (χ4n) is 2.07. The van der Waals surface area contributed by atoms with Crippen molar-refractivity contribution in [2.75, 3.05) is 0 Å². The first kappa shape index (κ1) is 15.0. The van der Waals surface area contributed by atoms with E-state index < -0.39 is 15.8 Å². The Hall–Kier alpha value is -1.44. The highest BCUT2D eigenvalue weighted by Crippen LogP contribution is 2.22. The number of sulfonamides is 1. The molecule has 0 saturated heterocycles. The summed E-state index contributed by atoms with van der Waals surface area (Å²) in [7, 11) is -3.84. The molecule has 0 unspecified atom stereocenters. The van der Waals surface area contributed by atoms with Crippen molar-refractivity contribution >= 4 is 21.6 Å². The van der Waals surface area contributed by atoms with Gasteiger partial charge >= 0.3 is 0 Å². The van der Waals surface area contributed by atoms with Gasteiger partial charge in [-0.1, -0.05) is 11.6 Å². The highest BCUT2D eigenvalue weighted by molar-refractivity contribution is 7.89. The van der Waals surface area contributed by atoms with E-state index in [1.165, 1.54) is 22.9 Å². The summed E-state index contributed by atoms with van der Waals surface area (Å²) in [6.07, 6.45) is 0. The topological polar surface area (TPSA) is 78.0 Å². The number of rotatable bonds is 3. The van der Waals surface area contributed by atoms with Crippen molar-refractivity contribution in [1.29, 1.82) is 0 Å². The largest absolute Gasteiger partial charge is 0.264 e. The molecule has 1 aromatic carbocycles. The average molecular weight is 318 g/mol. The van der Waals surface area contributed by atoms with E-state index in [0.717, 1.165) is 0 Å². The Morgan fingerprint density at radius 3 is 2.60 bits per heavy atom. The monoisotopic (exact) mass is 317 g/mol. The predicted octanol–water partition coefficient (Wildman–Crippen LogP) is 1.99. The van der Waals surface area contributed by atoms with Gasteiger partial charge in [-0.2, -0.15) is 5.10 Å². The van der Waals surface area contributed by atoms with Crippen LogP contribution in [-0.2, 0) is 16.6 Å². The van der Waals surface area contributed by atoms with Crippen LogP contribution in [0.3, 0.4) is 0 Å². The standard InChI is InChI=1S/C12H13ClFN3O2S/c1-7-12(20(15,18)19)8(2)17(16-7)6-9-5-10(14)3-4-11(9)13/h3-5H,6H2,1-2H3,(H2,15,18,19). The summed E-state index contributed by atoms with van der Waals surface area (Å²) < 4.78 is 37.7. The highest BCUT2D eigenvalue weighted by atomic mass is 35.5. The Balaban J connectivity index is 2.48. The number of nitrogens with two attached hydrogens (primary N) is 1. The molecule has 108 valence electrons. The Bertz CT molecular complexity index is 771. The van der Waals surface area contributed by atoms with Gasteiger partial charge in [0.05, 0.1) is 17.9 Å². The molecular weight excluding hydrogens is 305 g/mol. The summed E-state index contributed by atoms with van der Waals surface area (Å²) in [6, 6.07) is 3.98. The van der Waals surface area contributed by atoms with Gasteiger partial charge < -0.3 is 0 Å². The Kier molecular flexibility index (Phi) is 3.86. The molecule has 0 atom stereocenters. The van der Waals surface area contributed by atoms with Crippen LogP contribution < -0.4 is 5.14 Å². The number of hydrogen-bond donors (Lipinski definition) is 1. The number of aryl methyl sites for hydroxylation is 1. The molecule has 0 bridgehead atoms. The van der Waals surface area contributed by atoms with Gasteiger partial charge in [-0.3, -0.25) is 4.68 Å². The number of hydrogen-bond acceptors (Lipinski definition) is 3. The molecule has 0 aliphatic rings. The Morgan fingerprint density at radius 2 is 2.05 bits per heavy atom. The lowest BCUT2D eigenvalue weighted by molar-refractivity contribution is 0.595. The Labute approximate surface area is 121 Å². The van der Waals surface area contributed by atoms with Crippen LogP contribution in [0.5, 0.6) is 0 Å². The van der Waals surface area contributed by atoms with E-state index in [1.54, 1.807) is 13.8 Å². The summed E-state index contributed by atoms with van der Waals surface area (Å²) in [5.41, 5.74) is 1.21. The fraction of sp³-hybridized carbons (Fsp3) is 0.250. The van der Waals surface area contributed by atoms with Gasteiger partial charge in [-0.05, 0) is 37.6 Å². The van der Waals surface area contributed by atoms with E-state index in [0.29, 0.717) is 22.0 Å². The van der Waals surface area contributed by atoms with Crippen LogP contribution in [0.15, 0.2) is 23.1 Å². The van der Waals surface area contributed by atoms with Gasteiger partial charge in [0, 0.05) is 5.02 Å². The summed E-state index contributed by atoms with van der Waals surface area (Å²) in [5, 5.41) is 9.66. The summed E-state index contributed by atoms with van der Waals surface area (Å²) in [5.74, 6) is -0.419. The number of primary sulfonamides is 1. The van der Waals surface area contributed by atoms with Crippen molar-refractivity contribution in [1.82, 2.24) is 9.78 Å². The molecule has 0 aliphatic heterocycles. The third-order valence-electron chi connectivity index (χ3n) is 2.93. The second-order valence-corrected chi connectivity index (χ2v) is 6.34. The molecule has 2 N–H and O–H groups in total. The van der Waals surface area contributed by atoms with Gasteiger partial charge in [0.2, 0.25) is 10.0 Å². The number of nitrogens with zero attached hydrogens (tertiary/aromatic N) is 2. The first-order chi connectivity index (χ1) is 9.20. The van der Waals surface area contributed by atoms with Crippen LogP contribution in [0, 0.1) is 19.7 Å². The van der Waals surface area contributed by atoms with Gasteiger partial charge in [0.15, 0.2) is 0 Å². The van der Waals surface area contributed by atoms with Crippen LogP contribution in [0.4, 0.5) is 4.39 Å². The molecule has 0 aliphatic carbocycles. The van der Waals surface area contributed by atoms with Gasteiger partial charge in [-0.25, -0.2) is 17.9 Å². The molecule has 0 radical (unpaired) electrons. The van der Waals surface area contributed by atoms with E-state index >= 15 is 0 Å². The predicted molar refractivity (Wildman–Crippen MR) is 73.6 cm³/mol. The fourth-order valence-corrected chi connectivity index (χ4v) is 3.22. The van der Waals surface area contributed by atoms with Crippen LogP contribution in [0.25, 0.3) is 0 Å². The zero-order valence-electron chi connectivity index (χ0n) is 10.9. The van der Waals surface area contributed by atoms with Gasteiger partial charge in [-0.15, -0.1) is 0 Å². The van der Waals surface area contributed by atoms with Crippen LogP contribution in [-0.4, -0.2) is 18.2 Å². The SMILES string of the molecule is Cc1nn(Cc2cc(F)ccc2Cl)c(C)c1S(N)(=O)=O. The van der Waals surface area contributed by atoms with Crippen molar-refractivity contribution in [3.05, 3.63) is 46.0 Å². The van der Waals surface area contributed by atoms with Crippen molar-refractivity contribution < 1.29 is 12.8 Å². The molecule has 5 nitrogen and oxygen atoms in total. The first-order valence-electron chi connectivity index (χ1n) is 5.71. The summed E-state index contributed by atoms with van der Waals surface area (Å²) >= 11 is 5.98. The maximum Gasteiger partial charge on any atom is 0.241 e. The van der Waals surface area contributed by atoms with Crippen LogP contribution in [0.2, 0.25) is 5.02 Å². The van der Waals surface area contributed by atoms with E-state index in [1.807, 2.05) is 0 Å². The quantitative estimate of drug-likeness (QED) is 0.940. The zero-order chi connectivity index (χ0) is 15.1. The van der Waals surface area contributed by atoms with Crippen molar-refractivity contribution in [3.8, 4) is 0 Å². The molecule has 20 heavy (non-hydrogen) atoms. The normalized spacial score (nSPS) is 11.8. The molecular formula is C12H13ClFN3O2S. The molecule has 2 rings (SSSR count). The molecule has 0 spiro atoms. The molecule has 2 aromatic rings. The highest BCUT2D eigenvalue weighted by Gasteiger charge is 2.21. The lowest BCUT2D eigenvalue weighted by Crippen LogP contribution is -2.14. The maximum absolute atomic E-state index is 13.2. The minimum Gasteiger partial charge on any atom is -0.264 e. The second kappa shape index (κ2) is 5.16. The summed E-state index contributed by atoms with van der Waals surface area (Å²) in [4.78, 5) is -0.00924. The van der Waals surface area contributed by atoms with Crippen molar-refractivity contribution in [2.45, 2.75) is 25.3 Å². The van der Waals surface area contributed by atoms with Gasteiger partial charge in [0.25, 0.3) is 0 Å². The summed E-state index contributed by atoms with van der Waals surface area (Å²) in [6.45, 7) is 3.31. The maximum atomic E-state index is 13.2. The molecule has 1 aromatic heterocycles. The molecule has 0 saturated carbocycles. The van der Waals surface area contributed by atoms with E-state index in [4.69, 9.17) is 16.7 Å². The minimum absolute atomic E-state index is 0.00924. The first-order valence-corrected chi connectivity index (χ1v) is 7.63. The van der Waals surface area contributed by atoms with E-state index in [-0.39, 0.29) is 11.4 Å². The molecule has 0 fully saturated rings. The third-order valence-corrected chi connectivity index (χ3v) is 4.46. The Morgan fingerprint density at radius 1 is 1.40 bits per heavy atom. The minimum atomic E-state index is -3.84. The van der Waals surface area contributed by atoms with Crippen LogP contribution in [0.1, 0.15) is 17.0 Å². The number of benzene rings is 1. The van der Waals surface area contributed by atoms with Crippen molar-refractivity contribution in [3.63, 3.8) is 0 Å². The number of halogens is 2. The molecule has 0 amide bonds. The average Bonchev–Trinajstić information content (AvgIpc) is 2.58. The van der Waals surface area contributed by atoms with E-state index in [9.17, 15) is 12.8 Å².